The number of hydrogen-bond acceptors (Lipinski definition) is 6. The highest BCUT2D eigenvalue weighted by Gasteiger charge is 2.24. The number of thioether (sulfide) groups is 1. The number of nitrogens with one attached hydrogen (secondary N) is 2. The summed E-state index contributed by atoms with van der Waals surface area (Å²) in [7, 11) is 1.62. The number of carbonyl (C=O) groups excluding carboxylic acids is 1. The number of nitrogens with zero attached hydrogens (tertiary/aromatic N) is 3. The summed E-state index contributed by atoms with van der Waals surface area (Å²) in [5, 5.41) is 22.2. The molecule has 0 atom stereocenters. The Balaban J connectivity index is 1.52. The molecule has 0 spiro atoms. The Hall–Kier alpha value is -3.82. The number of aromatic nitrogens is 3. The predicted molar refractivity (Wildman–Crippen MR) is 132 cm³/mol. The highest BCUT2D eigenvalue weighted by molar-refractivity contribution is 7.99. The third-order valence-corrected chi connectivity index (χ3v) is 5.92. The van der Waals surface area contributed by atoms with Crippen molar-refractivity contribution in [2.75, 3.05) is 12.9 Å². The summed E-state index contributed by atoms with van der Waals surface area (Å²) in [6, 6.07) is 21.5. The molecular formula is C24H21ClN5O3S+. The van der Waals surface area contributed by atoms with Gasteiger partial charge in [0.2, 0.25) is 0 Å². The molecule has 1 aromatic heterocycles. The van der Waals surface area contributed by atoms with Gasteiger partial charge < -0.3 is 9.84 Å². The lowest BCUT2D eigenvalue weighted by molar-refractivity contribution is -0.625. The number of rotatable bonds is 8. The highest BCUT2D eigenvalue weighted by atomic mass is 35.5. The molecular weight excluding hydrogens is 474 g/mol. The Kier molecular flexibility index (Phi) is 7.46. The molecule has 3 N–H and O–H groups in total. The normalized spacial score (nSPS) is 11.0. The van der Waals surface area contributed by atoms with Crippen LogP contribution in [0.5, 0.6) is 11.5 Å². The maximum absolute atomic E-state index is 12.3. The first-order valence-corrected chi connectivity index (χ1v) is 11.5. The predicted octanol–water partition coefficient (Wildman–Crippen LogP) is 3.96. The van der Waals surface area contributed by atoms with Crippen LogP contribution < -0.4 is 14.7 Å². The SMILES string of the molecule is COc1ccc(-c2[nH]nc(SCC(=O)N/N=C/c3cccc(O)c3)[n+]2-c2ccc(Cl)cc2)cc1. The lowest BCUT2D eigenvalue weighted by Crippen LogP contribution is -2.34. The largest absolute Gasteiger partial charge is 0.508 e. The average molecular weight is 495 g/mol. The zero-order valence-electron chi connectivity index (χ0n) is 18.1. The number of hydrogen-bond donors (Lipinski definition) is 3. The first-order valence-electron chi connectivity index (χ1n) is 10.2. The topological polar surface area (TPSA) is 103 Å². The second-order valence-corrected chi connectivity index (χ2v) is 8.45. The van der Waals surface area contributed by atoms with Gasteiger partial charge in [-0.1, -0.05) is 23.7 Å². The molecule has 0 saturated heterocycles. The van der Waals surface area contributed by atoms with Crippen LogP contribution in [0.4, 0.5) is 0 Å². The van der Waals surface area contributed by atoms with Gasteiger partial charge in [0.1, 0.15) is 17.2 Å². The summed E-state index contributed by atoms with van der Waals surface area (Å²) in [6.45, 7) is 0. The van der Waals surface area contributed by atoms with Crippen LogP contribution in [0.25, 0.3) is 17.1 Å². The Bertz CT molecular complexity index is 1310. The van der Waals surface area contributed by atoms with Crippen molar-refractivity contribution in [3.05, 3.63) is 83.4 Å². The molecule has 1 amide bonds. The first kappa shape index (κ1) is 23.3. The number of halogens is 1. The number of aromatic hydroxyl groups is 1. The molecule has 4 rings (SSSR count). The van der Waals surface area contributed by atoms with Gasteiger partial charge in [0.25, 0.3) is 11.7 Å². The number of phenolic OH excluding ortho intramolecular Hbond substituents is 1. The first-order chi connectivity index (χ1) is 16.5. The minimum absolute atomic E-state index is 0.0951. The number of amides is 1. The molecule has 10 heteroatoms. The number of phenols is 1. The van der Waals surface area contributed by atoms with Crippen molar-refractivity contribution in [2.24, 2.45) is 5.10 Å². The third kappa shape index (κ3) is 5.75. The van der Waals surface area contributed by atoms with E-state index >= 15 is 0 Å². The molecule has 0 aliphatic heterocycles. The van der Waals surface area contributed by atoms with Gasteiger partial charge in [-0.25, -0.2) is 5.43 Å². The minimum atomic E-state index is -0.293. The fourth-order valence-electron chi connectivity index (χ4n) is 3.11. The van der Waals surface area contributed by atoms with Gasteiger partial charge in [-0.05, 0) is 78.0 Å². The van der Waals surface area contributed by atoms with E-state index in [0.717, 1.165) is 22.8 Å². The average Bonchev–Trinajstić information content (AvgIpc) is 3.27. The summed E-state index contributed by atoms with van der Waals surface area (Å²) in [6.07, 6.45) is 1.46. The van der Waals surface area contributed by atoms with E-state index in [9.17, 15) is 9.90 Å². The molecule has 172 valence electrons. The van der Waals surface area contributed by atoms with Gasteiger partial charge in [-0.15, -0.1) is 5.10 Å². The van der Waals surface area contributed by atoms with Crippen LogP contribution in [0.3, 0.4) is 0 Å². The van der Waals surface area contributed by atoms with Gasteiger partial charge >= 0.3 is 5.16 Å². The smallest absolute Gasteiger partial charge is 0.342 e. The van der Waals surface area contributed by atoms with Crippen LogP contribution in [-0.4, -0.2) is 40.3 Å². The zero-order chi connectivity index (χ0) is 23.9. The van der Waals surface area contributed by atoms with E-state index in [4.69, 9.17) is 16.3 Å². The fraction of sp³-hybridized carbons (Fsp3) is 0.0833. The van der Waals surface area contributed by atoms with Crippen molar-refractivity contribution in [3.63, 3.8) is 0 Å². The summed E-state index contributed by atoms with van der Waals surface area (Å²) in [5.74, 6) is 1.42. The quantitative estimate of drug-likeness (QED) is 0.149. The lowest BCUT2D eigenvalue weighted by Gasteiger charge is -2.05. The van der Waals surface area contributed by atoms with Crippen molar-refractivity contribution < 1.29 is 19.2 Å². The molecule has 3 aromatic carbocycles. The van der Waals surface area contributed by atoms with Crippen LogP contribution in [0, 0.1) is 0 Å². The number of aromatic amines is 1. The monoisotopic (exact) mass is 494 g/mol. The van der Waals surface area contributed by atoms with Crippen molar-refractivity contribution >= 4 is 35.5 Å². The second kappa shape index (κ2) is 10.9. The molecule has 0 saturated carbocycles. The summed E-state index contributed by atoms with van der Waals surface area (Å²) < 4.78 is 7.17. The Morgan fingerprint density at radius 1 is 1.21 bits per heavy atom. The number of ether oxygens (including phenoxy) is 1. The van der Waals surface area contributed by atoms with Gasteiger partial charge in [-0.2, -0.15) is 9.67 Å². The zero-order valence-corrected chi connectivity index (χ0v) is 19.7. The maximum Gasteiger partial charge on any atom is 0.342 e. The van der Waals surface area contributed by atoms with Crippen molar-refractivity contribution in [1.29, 1.82) is 0 Å². The number of benzene rings is 3. The number of carbonyl (C=O) groups is 1. The van der Waals surface area contributed by atoms with E-state index in [-0.39, 0.29) is 17.4 Å². The maximum atomic E-state index is 12.3. The summed E-state index contributed by atoms with van der Waals surface area (Å²) in [5.41, 5.74) is 4.90. The van der Waals surface area contributed by atoms with Crippen LogP contribution >= 0.6 is 23.4 Å². The molecule has 0 bridgehead atoms. The molecule has 0 fully saturated rings. The number of methoxy groups -OCH3 is 1. The Labute approximate surface area is 205 Å². The number of H-pyrrole nitrogens is 1. The highest BCUT2D eigenvalue weighted by Crippen LogP contribution is 2.23. The minimum Gasteiger partial charge on any atom is -0.508 e. The van der Waals surface area contributed by atoms with E-state index in [1.807, 2.05) is 41.0 Å². The van der Waals surface area contributed by atoms with E-state index in [2.05, 4.69) is 20.7 Å². The van der Waals surface area contributed by atoms with Crippen molar-refractivity contribution in [1.82, 2.24) is 15.6 Å². The van der Waals surface area contributed by atoms with E-state index in [1.54, 1.807) is 43.5 Å². The van der Waals surface area contributed by atoms with Gasteiger partial charge in [0, 0.05) is 5.02 Å². The molecule has 0 unspecified atom stereocenters. The lowest BCUT2D eigenvalue weighted by atomic mass is 10.2. The van der Waals surface area contributed by atoms with Crippen LogP contribution in [0.2, 0.25) is 5.02 Å². The standard InChI is InChI=1S/C24H20ClN5O3S/c1-33-21-11-5-17(6-12-21)23-28-29-24(30(23)19-9-7-18(25)8-10-19)34-15-22(32)27-26-14-16-3-2-4-20(31)13-16/h2-14H,15H2,1H3,(H2,27,31,32)/p+1/b26-14+. The van der Waals surface area contributed by atoms with E-state index < -0.39 is 0 Å². The molecule has 0 aliphatic carbocycles. The molecule has 8 nitrogen and oxygen atoms in total. The molecule has 1 heterocycles. The van der Waals surface area contributed by atoms with Crippen molar-refractivity contribution in [2.45, 2.75) is 5.16 Å². The molecule has 4 aromatic rings. The Morgan fingerprint density at radius 3 is 2.68 bits per heavy atom. The van der Waals surface area contributed by atoms with Gasteiger partial charge in [0.05, 0.1) is 29.7 Å². The summed E-state index contributed by atoms with van der Waals surface area (Å²) in [4.78, 5) is 12.3. The summed E-state index contributed by atoms with van der Waals surface area (Å²) >= 11 is 7.34. The van der Waals surface area contributed by atoms with E-state index in [0.29, 0.717) is 15.7 Å². The van der Waals surface area contributed by atoms with Gasteiger partial charge in [0.15, 0.2) is 0 Å². The molecule has 34 heavy (non-hydrogen) atoms. The van der Waals surface area contributed by atoms with E-state index in [1.165, 1.54) is 18.0 Å². The second-order valence-electron chi connectivity index (χ2n) is 7.07. The Morgan fingerprint density at radius 2 is 1.97 bits per heavy atom. The van der Waals surface area contributed by atoms with Crippen molar-refractivity contribution in [3.8, 4) is 28.6 Å². The van der Waals surface area contributed by atoms with Crippen LogP contribution in [-0.2, 0) is 4.79 Å². The fourth-order valence-corrected chi connectivity index (χ4v) is 4.00. The molecule has 0 radical (unpaired) electrons. The third-order valence-electron chi connectivity index (χ3n) is 4.73. The van der Waals surface area contributed by atoms with Gasteiger partial charge in [-0.3, -0.25) is 4.79 Å². The molecule has 0 aliphatic rings. The number of hydrazone groups is 1. The van der Waals surface area contributed by atoms with Crippen LogP contribution in [0.1, 0.15) is 5.56 Å². The van der Waals surface area contributed by atoms with Crippen LogP contribution in [0.15, 0.2) is 83.1 Å².